The minimum atomic E-state index is -0.987. The quantitative estimate of drug-likeness (QED) is 0.389. The molecule has 200 valence electrons. The van der Waals surface area contributed by atoms with E-state index in [0.717, 1.165) is 11.1 Å². The number of rotatable bonds is 5. The molecule has 0 atom stereocenters. The topological polar surface area (TPSA) is 142 Å². The number of pyridine rings is 1. The Kier molecular flexibility index (Phi) is 6.30. The standard InChI is InChI=1S/C27H27FN8O3/c1-15(2)35-24(37)19-12-30-25(31-18-6-5-16-9-10-34(26(38)39)13-17(16)11-18)33-22(19)36(35)23-20(28)7-8-21(32-23)27(3,4)14-29/h5-8,11-12,15H,9-10,13H2,1-4H3,(H,38,39)(H,30,31,33). The smallest absolute Gasteiger partial charge is 0.407 e. The number of nitrogens with one attached hydrogen (secondary N) is 1. The van der Waals surface area contributed by atoms with Crippen molar-refractivity contribution >= 4 is 28.8 Å². The van der Waals surface area contributed by atoms with Gasteiger partial charge in [-0.05, 0) is 69.5 Å². The predicted molar refractivity (Wildman–Crippen MR) is 142 cm³/mol. The minimum Gasteiger partial charge on any atom is -0.465 e. The molecule has 0 saturated heterocycles. The van der Waals surface area contributed by atoms with Gasteiger partial charge in [-0.25, -0.2) is 28.5 Å². The maximum Gasteiger partial charge on any atom is 0.407 e. The third-order valence-corrected chi connectivity index (χ3v) is 6.81. The number of hydrogen-bond acceptors (Lipinski definition) is 7. The van der Waals surface area contributed by atoms with Crippen LogP contribution in [0.25, 0.3) is 16.9 Å². The number of hydrogen-bond donors (Lipinski definition) is 2. The maximum atomic E-state index is 15.2. The van der Waals surface area contributed by atoms with Gasteiger partial charge in [0, 0.05) is 31.0 Å². The summed E-state index contributed by atoms with van der Waals surface area (Å²) in [6.07, 6.45) is 1.04. The van der Waals surface area contributed by atoms with Crippen LogP contribution in [-0.4, -0.2) is 47.0 Å². The van der Waals surface area contributed by atoms with Crippen molar-refractivity contribution in [1.82, 2.24) is 29.2 Å². The molecule has 4 heterocycles. The number of halogens is 1. The predicted octanol–water partition coefficient (Wildman–Crippen LogP) is 4.28. The van der Waals surface area contributed by atoms with E-state index in [9.17, 15) is 20.0 Å². The van der Waals surface area contributed by atoms with Crippen molar-refractivity contribution in [3.63, 3.8) is 0 Å². The summed E-state index contributed by atoms with van der Waals surface area (Å²) >= 11 is 0. The van der Waals surface area contributed by atoms with Gasteiger partial charge in [-0.1, -0.05) is 6.07 Å². The molecule has 2 N–H and O–H groups in total. The highest BCUT2D eigenvalue weighted by atomic mass is 19.1. The lowest BCUT2D eigenvalue weighted by Crippen LogP contribution is -2.34. The summed E-state index contributed by atoms with van der Waals surface area (Å²) in [5.41, 5.74) is 1.70. The first-order valence-electron chi connectivity index (χ1n) is 12.5. The summed E-state index contributed by atoms with van der Waals surface area (Å²) in [4.78, 5) is 39.4. The zero-order chi connectivity index (χ0) is 28.1. The molecule has 0 saturated carbocycles. The Hall–Kier alpha value is -4.79. The average Bonchev–Trinajstić information content (AvgIpc) is 3.20. The van der Waals surface area contributed by atoms with Crippen molar-refractivity contribution in [2.75, 3.05) is 11.9 Å². The second kappa shape index (κ2) is 9.50. The van der Waals surface area contributed by atoms with Gasteiger partial charge >= 0.3 is 6.09 Å². The van der Waals surface area contributed by atoms with Gasteiger partial charge in [-0.3, -0.25) is 4.79 Å². The molecule has 11 nitrogen and oxygen atoms in total. The summed E-state index contributed by atoms with van der Waals surface area (Å²) in [7, 11) is 0. The Labute approximate surface area is 223 Å². The van der Waals surface area contributed by atoms with Crippen molar-refractivity contribution in [3.8, 4) is 11.9 Å². The number of benzene rings is 1. The van der Waals surface area contributed by atoms with Crippen molar-refractivity contribution in [1.29, 1.82) is 5.26 Å². The van der Waals surface area contributed by atoms with Gasteiger partial charge in [0.1, 0.15) is 5.39 Å². The highest BCUT2D eigenvalue weighted by molar-refractivity contribution is 5.77. The molecular weight excluding hydrogens is 503 g/mol. The Morgan fingerprint density at radius 2 is 1.97 bits per heavy atom. The van der Waals surface area contributed by atoms with Crippen molar-refractivity contribution in [2.45, 2.75) is 52.1 Å². The lowest BCUT2D eigenvalue weighted by molar-refractivity contribution is 0.140. The number of nitriles is 1. The second-order valence-corrected chi connectivity index (χ2v) is 10.3. The molecule has 1 aliphatic heterocycles. The van der Waals surface area contributed by atoms with Crippen LogP contribution in [0.2, 0.25) is 0 Å². The molecule has 12 heteroatoms. The molecule has 1 aromatic carbocycles. The minimum absolute atomic E-state index is 0.149. The van der Waals surface area contributed by atoms with Crippen LogP contribution >= 0.6 is 0 Å². The van der Waals surface area contributed by atoms with E-state index in [1.165, 1.54) is 32.6 Å². The summed E-state index contributed by atoms with van der Waals surface area (Å²) in [5.74, 6) is -0.662. The maximum absolute atomic E-state index is 15.2. The number of fused-ring (bicyclic) bond motifs is 2. The van der Waals surface area contributed by atoms with Crippen LogP contribution in [0.1, 0.15) is 50.6 Å². The molecule has 0 bridgehead atoms. The fourth-order valence-electron chi connectivity index (χ4n) is 4.64. The summed E-state index contributed by atoms with van der Waals surface area (Å²) < 4.78 is 17.9. The SMILES string of the molecule is CC(C)n1c(=O)c2cnc(Nc3ccc4c(c3)CN(C(=O)O)CC4)nc2n1-c1nc(C(C)(C)C#N)ccc1F. The van der Waals surface area contributed by atoms with Crippen LogP contribution in [0.15, 0.2) is 41.3 Å². The van der Waals surface area contributed by atoms with Gasteiger partial charge < -0.3 is 15.3 Å². The molecular formula is C27H27FN8O3. The zero-order valence-corrected chi connectivity index (χ0v) is 21.9. The Morgan fingerprint density at radius 3 is 2.67 bits per heavy atom. The van der Waals surface area contributed by atoms with Crippen LogP contribution in [0.4, 0.5) is 20.8 Å². The second-order valence-electron chi connectivity index (χ2n) is 10.3. The van der Waals surface area contributed by atoms with Gasteiger partial charge in [0.05, 0.1) is 17.2 Å². The van der Waals surface area contributed by atoms with E-state index in [1.54, 1.807) is 27.7 Å². The Bertz CT molecular complexity index is 1720. The van der Waals surface area contributed by atoms with Crippen molar-refractivity contribution < 1.29 is 14.3 Å². The summed E-state index contributed by atoms with van der Waals surface area (Å²) in [6.45, 7) is 7.65. The third kappa shape index (κ3) is 4.56. The van der Waals surface area contributed by atoms with Crippen LogP contribution in [-0.2, 0) is 18.4 Å². The zero-order valence-electron chi connectivity index (χ0n) is 21.9. The highest BCUT2D eigenvalue weighted by Crippen LogP contribution is 2.27. The molecule has 0 radical (unpaired) electrons. The van der Waals surface area contributed by atoms with E-state index in [1.807, 2.05) is 18.2 Å². The number of amides is 1. The van der Waals surface area contributed by atoms with Gasteiger partial charge in [0.2, 0.25) is 5.95 Å². The number of aromatic nitrogens is 5. The number of anilines is 2. The lowest BCUT2D eigenvalue weighted by Gasteiger charge is -2.26. The van der Waals surface area contributed by atoms with Gasteiger partial charge in [-0.2, -0.15) is 10.2 Å². The van der Waals surface area contributed by atoms with Gasteiger partial charge in [0.15, 0.2) is 17.3 Å². The number of carboxylic acid groups (broad SMARTS) is 1. The summed E-state index contributed by atoms with van der Waals surface area (Å²) in [5, 5.41) is 22.2. The first-order valence-corrected chi connectivity index (χ1v) is 12.5. The van der Waals surface area contributed by atoms with Crippen molar-refractivity contribution in [3.05, 3.63) is 69.5 Å². The largest absolute Gasteiger partial charge is 0.465 e. The van der Waals surface area contributed by atoms with Crippen LogP contribution in [0, 0.1) is 17.1 Å². The Morgan fingerprint density at radius 1 is 1.21 bits per heavy atom. The monoisotopic (exact) mass is 530 g/mol. The molecule has 0 unspecified atom stereocenters. The van der Waals surface area contributed by atoms with Gasteiger partial charge in [-0.15, -0.1) is 0 Å². The fraction of sp³-hybridized carbons (Fsp3) is 0.333. The van der Waals surface area contributed by atoms with E-state index in [0.29, 0.717) is 24.3 Å². The van der Waals surface area contributed by atoms with Crippen LogP contribution < -0.4 is 10.9 Å². The first-order chi connectivity index (χ1) is 18.5. The molecule has 0 spiro atoms. The normalized spacial score (nSPS) is 13.4. The van der Waals surface area contributed by atoms with E-state index >= 15 is 4.39 Å². The molecule has 0 aliphatic carbocycles. The van der Waals surface area contributed by atoms with E-state index < -0.39 is 22.9 Å². The molecule has 4 aromatic rings. The molecule has 39 heavy (non-hydrogen) atoms. The third-order valence-electron chi connectivity index (χ3n) is 6.81. The molecule has 1 amide bonds. The Balaban J connectivity index is 1.62. The van der Waals surface area contributed by atoms with Gasteiger partial charge in [0.25, 0.3) is 5.56 Å². The van der Waals surface area contributed by atoms with Crippen LogP contribution in [0.3, 0.4) is 0 Å². The highest BCUT2D eigenvalue weighted by Gasteiger charge is 2.27. The van der Waals surface area contributed by atoms with E-state index in [4.69, 9.17) is 0 Å². The fourth-order valence-corrected chi connectivity index (χ4v) is 4.64. The molecule has 1 aliphatic rings. The molecule has 3 aromatic heterocycles. The van der Waals surface area contributed by atoms with Crippen LogP contribution in [0.5, 0.6) is 0 Å². The lowest BCUT2D eigenvalue weighted by atomic mass is 9.91. The van der Waals surface area contributed by atoms with Crippen molar-refractivity contribution in [2.24, 2.45) is 0 Å². The number of carbonyl (C=O) groups is 1. The molecule has 5 rings (SSSR count). The van der Waals surface area contributed by atoms with E-state index in [-0.39, 0.29) is 35.4 Å². The molecule has 0 fully saturated rings. The number of nitrogens with zero attached hydrogens (tertiary/aromatic N) is 7. The average molecular weight is 531 g/mol. The summed E-state index contributed by atoms with van der Waals surface area (Å²) in [6, 6.07) is 10.1. The first kappa shape index (κ1) is 25.8. The van der Waals surface area contributed by atoms with E-state index in [2.05, 4.69) is 26.3 Å².